The van der Waals surface area contributed by atoms with Crippen LogP contribution in [-0.4, -0.2) is 25.3 Å². The van der Waals surface area contributed by atoms with E-state index in [1.807, 2.05) is 12.4 Å². The van der Waals surface area contributed by atoms with Crippen LogP contribution in [0.3, 0.4) is 0 Å². The summed E-state index contributed by atoms with van der Waals surface area (Å²) in [4.78, 5) is 10.3. The van der Waals surface area contributed by atoms with Gasteiger partial charge in [-0.1, -0.05) is 42.5 Å². The Morgan fingerprint density at radius 1 is 0.960 bits per heavy atom. The SMILES string of the molecule is Cc1cccc2cccc(N=Cc3ccc4c(N(C)C)cc[nH]c3-4)c12. The molecule has 0 saturated carbocycles. The van der Waals surface area contributed by atoms with Crippen LogP contribution < -0.4 is 4.90 Å². The van der Waals surface area contributed by atoms with Gasteiger partial charge in [0, 0.05) is 48.7 Å². The molecule has 0 amide bonds. The lowest BCUT2D eigenvalue weighted by atomic mass is 10.0. The average molecular weight is 327 g/mol. The minimum absolute atomic E-state index is 1.01. The second-order valence-electron chi connectivity index (χ2n) is 6.54. The number of nitrogens with one attached hydrogen (secondary N) is 1. The maximum atomic E-state index is 4.80. The molecule has 1 aliphatic heterocycles. The molecular weight excluding hydrogens is 306 g/mol. The van der Waals surface area contributed by atoms with Gasteiger partial charge in [0.15, 0.2) is 0 Å². The van der Waals surface area contributed by atoms with Gasteiger partial charge in [0.05, 0.1) is 11.4 Å². The number of benzene rings is 2. The third-order valence-electron chi connectivity index (χ3n) is 4.65. The highest BCUT2D eigenvalue weighted by Gasteiger charge is 2.13. The number of aromatic nitrogens is 1. The van der Waals surface area contributed by atoms with Gasteiger partial charge in [0.25, 0.3) is 0 Å². The average Bonchev–Trinajstić information content (AvgIpc) is 3.03. The topological polar surface area (TPSA) is 31.4 Å². The van der Waals surface area contributed by atoms with Gasteiger partial charge in [-0.15, -0.1) is 0 Å². The predicted octanol–water partition coefficient (Wildman–Crippen LogP) is 5.40. The van der Waals surface area contributed by atoms with Crippen molar-refractivity contribution < 1.29 is 0 Å². The quantitative estimate of drug-likeness (QED) is 0.502. The number of fused-ring (bicyclic) bond motifs is 2. The maximum absolute atomic E-state index is 4.80. The first-order chi connectivity index (χ1) is 12.1. The molecule has 3 nitrogen and oxygen atoms in total. The van der Waals surface area contributed by atoms with Crippen molar-refractivity contribution in [3.8, 4) is 11.3 Å². The summed E-state index contributed by atoms with van der Waals surface area (Å²) in [5, 5.41) is 2.44. The van der Waals surface area contributed by atoms with Gasteiger partial charge in [0.2, 0.25) is 0 Å². The lowest BCUT2D eigenvalue weighted by Crippen LogP contribution is -2.10. The van der Waals surface area contributed by atoms with Crippen LogP contribution in [0.5, 0.6) is 0 Å². The van der Waals surface area contributed by atoms with Gasteiger partial charge in [-0.05, 0) is 30.0 Å². The van der Waals surface area contributed by atoms with E-state index < -0.39 is 0 Å². The van der Waals surface area contributed by atoms with Crippen molar-refractivity contribution in [1.29, 1.82) is 0 Å². The molecule has 2 aliphatic rings. The molecule has 124 valence electrons. The normalized spacial score (nSPS) is 11.6. The minimum atomic E-state index is 1.01. The molecule has 0 aromatic heterocycles. The number of aromatic amines is 1. The Morgan fingerprint density at radius 3 is 2.56 bits per heavy atom. The zero-order valence-corrected chi connectivity index (χ0v) is 14.7. The maximum Gasteiger partial charge on any atom is 0.0710 e. The zero-order valence-electron chi connectivity index (χ0n) is 14.7. The van der Waals surface area contributed by atoms with E-state index in [2.05, 4.69) is 85.5 Å². The van der Waals surface area contributed by atoms with Crippen molar-refractivity contribution in [1.82, 2.24) is 4.98 Å². The summed E-state index contributed by atoms with van der Waals surface area (Å²) in [6.07, 6.45) is 3.94. The number of aliphatic imine (C=N–C) groups is 1. The molecule has 1 heterocycles. The highest BCUT2D eigenvalue weighted by Crippen LogP contribution is 2.34. The second kappa shape index (κ2) is 6.10. The van der Waals surface area contributed by atoms with Crippen molar-refractivity contribution in [2.45, 2.75) is 6.92 Å². The number of pyridine rings is 1. The standard InChI is InChI=1S/C22H21N3/c1-15-6-4-7-16-8-5-9-19(21(15)16)24-14-17-10-11-18-20(25(2)3)12-13-23-22(17)18/h4-14,23H,1-3H3. The molecule has 1 N–H and O–H groups in total. The Morgan fingerprint density at radius 2 is 1.76 bits per heavy atom. The van der Waals surface area contributed by atoms with Gasteiger partial charge in [0.1, 0.15) is 0 Å². The number of rotatable bonds is 3. The molecule has 2 aromatic rings. The fraction of sp³-hybridized carbons (Fsp3) is 0.136. The minimum Gasteiger partial charge on any atom is -0.377 e. The molecule has 4 rings (SSSR count). The predicted molar refractivity (Wildman–Crippen MR) is 108 cm³/mol. The van der Waals surface area contributed by atoms with Crippen LogP contribution in [0, 0.1) is 6.92 Å². The molecule has 0 spiro atoms. The van der Waals surface area contributed by atoms with Crippen LogP contribution in [0.15, 0.2) is 65.8 Å². The fourth-order valence-electron chi connectivity index (χ4n) is 3.41. The Bertz CT molecular complexity index is 1040. The number of H-pyrrole nitrogens is 1. The van der Waals surface area contributed by atoms with E-state index in [1.54, 1.807) is 0 Å². The van der Waals surface area contributed by atoms with Crippen LogP contribution >= 0.6 is 0 Å². The number of aryl methyl sites for hydroxylation is 1. The Hall–Kier alpha value is -3.07. The molecule has 0 atom stereocenters. The third-order valence-corrected chi connectivity index (χ3v) is 4.65. The first-order valence-corrected chi connectivity index (χ1v) is 8.45. The van der Waals surface area contributed by atoms with Crippen molar-refractivity contribution in [2.24, 2.45) is 4.99 Å². The van der Waals surface area contributed by atoms with Crippen molar-refractivity contribution >= 4 is 28.4 Å². The van der Waals surface area contributed by atoms with E-state index in [4.69, 9.17) is 4.99 Å². The first-order valence-electron chi connectivity index (χ1n) is 8.45. The van der Waals surface area contributed by atoms with Crippen LogP contribution in [0.2, 0.25) is 0 Å². The van der Waals surface area contributed by atoms with E-state index in [0.29, 0.717) is 0 Å². The second-order valence-corrected chi connectivity index (χ2v) is 6.54. The number of hydrogen-bond acceptors (Lipinski definition) is 2. The summed E-state index contributed by atoms with van der Waals surface area (Å²) < 4.78 is 0. The Balaban J connectivity index is 1.77. The van der Waals surface area contributed by atoms with Crippen molar-refractivity contribution in [3.05, 3.63) is 71.9 Å². The molecule has 25 heavy (non-hydrogen) atoms. The van der Waals surface area contributed by atoms with Crippen LogP contribution in [0.1, 0.15) is 11.1 Å². The van der Waals surface area contributed by atoms with E-state index in [-0.39, 0.29) is 0 Å². The molecule has 0 bridgehead atoms. The summed E-state index contributed by atoms with van der Waals surface area (Å²) in [5.41, 5.74) is 6.89. The molecule has 0 radical (unpaired) electrons. The summed E-state index contributed by atoms with van der Waals surface area (Å²) in [5.74, 6) is 0. The monoisotopic (exact) mass is 327 g/mol. The fourth-order valence-corrected chi connectivity index (χ4v) is 3.41. The largest absolute Gasteiger partial charge is 0.377 e. The van der Waals surface area contributed by atoms with Gasteiger partial charge in [-0.25, -0.2) is 0 Å². The zero-order chi connectivity index (χ0) is 17.4. The van der Waals surface area contributed by atoms with Crippen LogP contribution in [-0.2, 0) is 0 Å². The van der Waals surface area contributed by atoms with Crippen LogP contribution in [0.4, 0.5) is 11.4 Å². The summed E-state index contributed by atoms with van der Waals surface area (Å²) in [6, 6.07) is 19.0. The summed E-state index contributed by atoms with van der Waals surface area (Å²) >= 11 is 0. The van der Waals surface area contributed by atoms with E-state index in [9.17, 15) is 0 Å². The molecule has 2 aromatic carbocycles. The van der Waals surface area contributed by atoms with Gasteiger partial charge >= 0.3 is 0 Å². The number of hydrogen-bond donors (Lipinski definition) is 1. The summed E-state index contributed by atoms with van der Waals surface area (Å²) in [7, 11) is 4.13. The summed E-state index contributed by atoms with van der Waals surface area (Å²) in [6.45, 7) is 2.14. The molecule has 1 aliphatic carbocycles. The number of anilines is 1. The molecule has 3 heteroatoms. The van der Waals surface area contributed by atoms with E-state index in [1.165, 1.54) is 27.6 Å². The third kappa shape index (κ3) is 2.68. The Labute approximate surface area is 148 Å². The molecule has 0 fully saturated rings. The molecular formula is C22H21N3. The van der Waals surface area contributed by atoms with Crippen molar-refractivity contribution in [3.63, 3.8) is 0 Å². The van der Waals surface area contributed by atoms with E-state index >= 15 is 0 Å². The Kier molecular flexibility index (Phi) is 3.77. The number of nitrogens with zero attached hydrogens (tertiary/aromatic N) is 2. The van der Waals surface area contributed by atoms with Crippen LogP contribution in [0.25, 0.3) is 22.0 Å². The van der Waals surface area contributed by atoms with Gasteiger partial charge in [-0.3, -0.25) is 4.99 Å². The molecule has 0 unspecified atom stereocenters. The van der Waals surface area contributed by atoms with Gasteiger partial charge < -0.3 is 9.88 Å². The molecule has 0 saturated heterocycles. The lowest BCUT2D eigenvalue weighted by molar-refractivity contribution is 1.12. The lowest BCUT2D eigenvalue weighted by Gasteiger charge is -2.16. The van der Waals surface area contributed by atoms with Gasteiger partial charge in [-0.2, -0.15) is 0 Å². The first kappa shape index (κ1) is 15.5. The highest BCUT2D eigenvalue weighted by molar-refractivity contribution is 6.00. The highest BCUT2D eigenvalue weighted by atomic mass is 15.1. The smallest absolute Gasteiger partial charge is 0.0710 e. The van der Waals surface area contributed by atoms with E-state index in [0.717, 1.165) is 16.9 Å². The van der Waals surface area contributed by atoms with Crippen molar-refractivity contribution in [2.75, 3.05) is 19.0 Å².